The van der Waals surface area contributed by atoms with Crippen LogP contribution in [0, 0.1) is 11.3 Å². The topological polar surface area (TPSA) is 83.5 Å². The van der Waals surface area contributed by atoms with Gasteiger partial charge in [-0.1, -0.05) is 19.9 Å². The van der Waals surface area contributed by atoms with E-state index in [4.69, 9.17) is 23.7 Å². The Morgan fingerprint density at radius 2 is 1.50 bits per heavy atom. The van der Waals surface area contributed by atoms with Crippen LogP contribution in [0.25, 0.3) is 6.08 Å². The summed E-state index contributed by atoms with van der Waals surface area (Å²) in [7, 11) is 9.01. The van der Waals surface area contributed by atoms with Crippen molar-refractivity contribution in [2.75, 3.05) is 49.1 Å². The van der Waals surface area contributed by atoms with Crippen LogP contribution in [0.15, 0.2) is 17.7 Å². The number of rotatable bonds is 7. The van der Waals surface area contributed by atoms with Crippen LogP contribution in [0.5, 0.6) is 17.2 Å². The van der Waals surface area contributed by atoms with Crippen LogP contribution in [0.4, 0.5) is 0 Å². The Bertz CT molecular complexity index is 790. The van der Waals surface area contributed by atoms with E-state index in [0.717, 1.165) is 0 Å². The average Bonchev–Trinajstić information content (AvgIpc) is 3.03. The zero-order valence-corrected chi connectivity index (χ0v) is 18.9. The Hall–Kier alpha value is -2.74. The molecule has 0 N–H and O–H groups in total. The Morgan fingerprint density at radius 3 is 1.87 bits per heavy atom. The zero-order chi connectivity index (χ0) is 22.6. The van der Waals surface area contributed by atoms with Gasteiger partial charge in [-0.05, 0) is 36.2 Å². The summed E-state index contributed by atoms with van der Waals surface area (Å²) in [4.78, 5) is 28.1. The second-order valence-electron chi connectivity index (χ2n) is 7.52. The highest BCUT2D eigenvalue weighted by atomic mass is 16.5. The minimum Gasteiger partial charge on any atom is -0.493 e. The van der Waals surface area contributed by atoms with Crippen molar-refractivity contribution < 1.29 is 33.3 Å². The lowest BCUT2D eigenvalue weighted by atomic mass is 9.72. The molecule has 0 bridgehead atoms. The quantitative estimate of drug-likeness (QED) is 0.490. The Labute approximate surface area is 177 Å². The predicted molar refractivity (Wildman–Crippen MR) is 112 cm³/mol. The van der Waals surface area contributed by atoms with Crippen molar-refractivity contribution in [2.24, 2.45) is 11.3 Å². The SMILES string of the molecule is COC(=O)C1(C(=O)OC)/C(=C/c2cc(OC)c(OC)c(OC)c2)CN(C)C1C(C)C. The summed E-state index contributed by atoms with van der Waals surface area (Å²) in [5.41, 5.74) is -0.307. The summed E-state index contributed by atoms with van der Waals surface area (Å²) >= 11 is 0. The molecule has 8 heteroatoms. The highest BCUT2D eigenvalue weighted by molar-refractivity contribution is 6.06. The lowest BCUT2D eigenvalue weighted by molar-refractivity contribution is -0.169. The summed E-state index contributed by atoms with van der Waals surface area (Å²) in [6.45, 7) is 4.32. The number of hydrogen-bond acceptors (Lipinski definition) is 8. The smallest absolute Gasteiger partial charge is 0.329 e. The zero-order valence-electron chi connectivity index (χ0n) is 18.9. The molecular formula is C22H31NO7. The lowest BCUT2D eigenvalue weighted by Gasteiger charge is -2.35. The first-order valence-electron chi connectivity index (χ1n) is 9.60. The monoisotopic (exact) mass is 421 g/mol. The molecule has 1 fully saturated rings. The highest BCUT2D eigenvalue weighted by Crippen LogP contribution is 2.47. The van der Waals surface area contributed by atoms with Gasteiger partial charge in [0.15, 0.2) is 11.5 Å². The van der Waals surface area contributed by atoms with Crippen LogP contribution in [0.2, 0.25) is 0 Å². The van der Waals surface area contributed by atoms with Gasteiger partial charge in [-0.2, -0.15) is 0 Å². The molecule has 2 rings (SSSR count). The van der Waals surface area contributed by atoms with Crippen molar-refractivity contribution >= 4 is 18.0 Å². The normalized spacial score (nSPS) is 19.6. The molecule has 166 valence electrons. The lowest BCUT2D eigenvalue weighted by Crippen LogP contribution is -2.53. The number of methoxy groups -OCH3 is 5. The molecule has 1 aromatic carbocycles. The fourth-order valence-corrected chi connectivity index (χ4v) is 4.48. The van der Waals surface area contributed by atoms with Gasteiger partial charge < -0.3 is 23.7 Å². The maximum atomic E-state index is 13.1. The number of likely N-dealkylation sites (tertiary alicyclic amines) is 1. The molecule has 0 aliphatic carbocycles. The Morgan fingerprint density at radius 1 is 1.00 bits per heavy atom. The van der Waals surface area contributed by atoms with Crippen LogP contribution < -0.4 is 14.2 Å². The molecule has 1 aliphatic heterocycles. The Balaban J connectivity index is 2.78. The van der Waals surface area contributed by atoms with Gasteiger partial charge in [0.25, 0.3) is 0 Å². The fraction of sp³-hybridized carbons (Fsp3) is 0.545. The van der Waals surface area contributed by atoms with E-state index in [0.29, 0.717) is 34.9 Å². The molecule has 0 aromatic heterocycles. The van der Waals surface area contributed by atoms with Crippen molar-refractivity contribution in [3.05, 3.63) is 23.3 Å². The molecule has 30 heavy (non-hydrogen) atoms. The second kappa shape index (κ2) is 9.38. The van der Waals surface area contributed by atoms with Crippen LogP contribution in [-0.4, -0.2) is 72.0 Å². The Kier molecular flexibility index (Phi) is 7.36. The third-order valence-electron chi connectivity index (χ3n) is 5.52. The number of esters is 2. The van der Waals surface area contributed by atoms with Gasteiger partial charge in [0.1, 0.15) is 0 Å². The molecule has 0 spiro atoms. The molecule has 1 aliphatic rings. The molecule has 1 aromatic rings. The second-order valence-corrected chi connectivity index (χ2v) is 7.52. The fourth-order valence-electron chi connectivity index (χ4n) is 4.48. The summed E-state index contributed by atoms with van der Waals surface area (Å²) < 4.78 is 26.4. The first-order valence-corrected chi connectivity index (χ1v) is 9.60. The van der Waals surface area contributed by atoms with E-state index >= 15 is 0 Å². The predicted octanol–water partition coefficient (Wildman–Crippen LogP) is 2.40. The third kappa shape index (κ3) is 3.71. The first-order chi connectivity index (χ1) is 14.2. The number of nitrogens with zero attached hydrogens (tertiary/aromatic N) is 1. The van der Waals surface area contributed by atoms with E-state index < -0.39 is 23.4 Å². The van der Waals surface area contributed by atoms with Crippen LogP contribution in [0.3, 0.4) is 0 Å². The maximum absolute atomic E-state index is 13.1. The van der Waals surface area contributed by atoms with E-state index in [1.165, 1.54) is 35.5 Å². The molecular weight excluding hydrogens is 390 g/mol. The summed E-state index contributed by atoms with van der Waals surface area (Å²) in [6.07, 6.45) is 1.79. The number of benzene rings is 1. The number of hydrogen-bond donors (Lipinski definition) is 0. The molecule has 1 saturated heterocycles. The third-order valence-corrected chi connectivity index (χ3v) is 5.52. The van der Waals surface area contributed by atoms with Gasteiger partial charge in [0.05, 0.1) is 35.5 Å². The van der Waals surface area contributed by atoms with Gasteiger partial charge >= 0.3 is 11.9 Å². The minimum absolute atomic E-state index is 0.0148. The first kappa shape index (κ1) is 23.5. The van der Waals surface area contributed by atoms with Gasteiger partial charge in [-0.15, -0.1) is 0 Å². The maximum Gasteiger partial charge on any atom is 0.329 e. The van der Waals surface area contributed by atoms with Crippen LogP contribution >= 0.6 is 0 Å². The van der Waals surface area contributed by atoms with E-state index in [2.05, 4.69) is 0 Å². The number of carbonyl (C=O) groups is 2. The minimum atomic E-state index is -1.58. The summed E-state index contributed by atoms with van der Waals surface area (Å²) in [5.74, 6) is 0.0959. The largest absolute Gasteiger partial charge is 0.493 e. The van der Waals surface area contributed by atoms with E-state index in [9.17, 15) is 9.59 Å². The van der Waals surface area contributed by atoms with Gasteiger partial charge in [-0.25, -0.2) is 0 Å². The van der Waals surface area contributed by atoms with Gasteiger partial charge in [0, 0.05) is 12.6 Å². The summed E-state index contributed by atoms with van der Waals surface area (Å²) in [6, 6.07) is 3.10. The number of ether oxygens (including phenoxy) is 5. The highest BCUT2D eigenvalue weighted by Gasteiger charge is 2.63. The average molecular weight is 421 g/mol. The van der Waals surface area contributed by atoms with E-state index in [-0.39, 0.29) is 5.92 Å². The van der Waals surface area contributed by atoms with Gasteiger partial charge in [0.2, 0.25) is 11.2 Å². The van der Waals surface area contributed by atoms with Gasteiger partial charge in [-0.3, -0.25) is 14.5 Å². The molecule has 0 saturated carbocycles. The van der Waals surface area contributed by atoms with Crippen molar-refractivity contribution in [1.29, 1.82) is 0 Å². The molecule has 0 radical (unpaired) electrons. The van der Waals surface area contributed by atoms with Crippen LogP contribution in [0.1, 0.15) is 19.4 Å². The number of carbonyl (C=O) groups excluding carboxylic acids is 2. The molecule has 1 atom stereocenters. The molecule has 1 unspecified atom stereocenters. The van der Waals surface area contributed by atoms with Crippen molar-refractivity contribution in [2.45, 2.75) is 19.9 Å². The molecule has 1 heterocycles. The molecule has 0 amide bonds. The van der Waals surface area contributed by atoms with Crippen molar-refractivity contribution in [1.82, 2.24) is 4.90 Å². The van der Waals surface area contributed by atoms with Crippen molar-refractivity contribution in [3.8, 4) is 17.2 Å². The molecule has 8 nitrogen and oxygen atoms in total. The van der Waals surface area contributed by atoms with Crippen molar-refractivity contribution in [3.63, 3.8) is 0 Å². The number of likely N-dealkylation sites (N-methyl/N-ethyl adjacent to an activating group) is 1. The van der Waals surface area contributed by atoms with Crippen LogP contribution in [-0.2, 0) is 19.1 Å². The van der Waals surface area contributed by atoms with E-state index in [1.807, 2.05) is 25.8 Å². The summed E-state index contributed by atoms with van der Waals surface area (Å²) in [5, 5.41) is 0. The standard InChI is InChI=1S/C22H31NO7/c1-13(2)19-22(20(24)29-7,21(25)30-8)15(12-23(19)3)9-14-10-16(26-4)18(28-6)17(11-14)27-5/h9-11,13,19H,12H2,1-8H3/b15-9+. The van der Waals surface area contributed by atoms with E-state index in [1.54, 1.807) is 18.2 Å².